The molecule has 0 radical (unpaired) electrons. The number of aromatic nitrogens is 1. The second-order valence-corrected chi connectivity index (χ2v) is 9.64. The molecule has 1 aromatic carbocycles. The molecule has 0 saturated carbocycles. The summed E-state index contributed by atoms with van der Waals surface area (Å²) >= 11 is 6.12. The van der Waals surface area contributed by atoms with Crippen LogP contribution in [0.4, 0.5) is 0 Å². The summed E-state index contributed by atoms with van der Waals surface area (Å²) in [5.41, 5.74) is 0.0739. The van der Waals surface area contributed by atoms with Crippen molar-refractivity contribution in [2.24, 2.45) is 5.41 Å². The third-order valence-electron chi connectivity index (χ3n) is 6.61. The number of halogens is 1. The zero-order valence-corrected chi connectivity index (χ0v) is 20.0. The first kappa shape index (κ1) is 23.6. The Balaban J connectivity index is 1.52. The lowest BCUT2D eigenvalue weighted by Gasteiger charge is -2.43. The molecule has 3 heterocycles. The van der Waals surface area contributed by atoms with Crippen LogP contribution in [0.5, 0.6) is 5.75 Å². The molecular weight excluding hydrogens is 444 g/mol. The summed E-state index contributed by atoms with van der Waals surface area (Å²) in [6.45, 7) is 6.30. The lowest BCUT2D eigenvalue weighted by Crippen LogP contribution is -2.53. The normalized spacial score (nSPS) is 21.8. The number of rotatable bonds is 6. The van der Waals surface area contributed by atoms with Crippen LogP contribution in [0.2, 0.25) is 5.02 Å². The number of piperidine rings is 1. The first-order valence-electron chi connectivity index (χ1n) is 11.4. The minimum Gasteiger partial charge on any atom is -0.493 e. The van der Waals surface area contributed by atoms with Gasteiger partial charge in [0.1, 0.15) is 5.75 Å². The van der Waals surface area contributed by atoms with Gasteiger partial charge in [-0.15, -0.1) is 0 Å². The number of carbonyl (C=O) groups is 2. The van der Waals surface area contributed by atoms with Crippen LogP contribution in [0.25, 0.3) is 0 Å². The number of benzene rings is 1. The molecule has 2 fully saturated rings. The number of ether oxygens (including phenoxy) is 1. The van der Waals surface area contributed by atoms with E-state index >= 15 is 0 Å². The van der Waals surface area contributed by atoms with Gasteiger partial charge in [0.2, 0.25) is 11.7 Å². The second-order valence-electron chi connectivity index (χ2n) is 9.20. The predicted molar refractivity (Wildman–Crippen MR) is 124 cm³/mol. The molecule has 33 heavy (non-hydrogen) atoms. The fourth-order valence-electron chi connectivity index (χ4n) is 4.63. The molecule has 1 unspecified atom stereocenters. The highest BCUT2D eigenvalue weighted by Gasteiger charge is 2.42. The van der Waals surface area contributed by atoms with Gasteiger partial charge in [-0.05, 0) is 45.0 Å². The van der Waals surface area contributed by atoms with Gasteiger partial charge in [0.25, 0.3) is 5.91 Å². The Morgan fingerprint density at radius 2 is 1.97 bits per heavy atom. The van der Waals surface area contributed by atoms with E-state index in [1.54, 1.807) is 24.0 Å². The molecule has 2 aromatic rings. The number of likely N-dealkylation sites (tertiary alicyclic amines) is 1. The maximum absolute atomic E-state index is 13.3. The zero-order valence-electron chi connectivity index (χ0n) is 19.3. The summed E-state index contributed by atoms with van der Waals surface area (Å²) in [7, 11) is 2.07. The standard InChI is InChI=1S/C24H31ClN4O4/c1-18-22(33-17-26-18)23(31)29-8-4-7-24(15-29,16-32-20-6-3-5-19(25)13-20)14-21(30)28-11-9-27(2)10-12-28/h3,5-6,13,17H,4,7-12,14-16H2,1-2H3. The summed E-state index contributed by atoms with van der Waals surface area (Å²) in [5, 5.41) is 0.594. The van der Waals surface area contributed by atoms with E-state index < -0.39 is 5.41 Å². The molecule has 178 valence electrons. The SMILES string of the molecule is Cc1ncoc1C(=O)N1CCCC(COc2cccc(Cl)c2)(CC(=O)N2CCN(C)CC2)C1. The number of oxazole rings is 1. The van der Waals surface area contributed by atoms with Gasteiger partial charge in [0, 0.05) is 56.1 Å². The van der Waals surface area contributed by atoms with E-state index in [2.05, 4.69) is 16.9 Å². The first-order chi connectivity index (χ1) is 15.8. The maximum Gasteiger partial charge on any atom is 0.291 e. The average molecular weight is 475 g/mol. The molecule has 0 bridgehead atoms. The third-order valence-corrected chi connectivity index (χ3v) is 6.85. The highest BCUT2D eigenvalue weighted by Crippen LogP contribution is 2.36. The van der Waals surface area contributed by atoms with Crippen molar-refractivity contribution in [3.8, 4) is 5.75 Å². The van der Waals surface area contributed by atoms with Crippen LogP contribution in [0.1, 0.15) is 35.5 Å². The van der Waals surface area contributed by atoms with E-state index in [-0.39, 0.29) is 17.6 Å². The molecule has 0 N–H and O–H groups in total. The number of nitrogens with zero attached hydrogens (tertiary/aromatic N) is 4. The minimum absolute atomic E-state index is 0.114. The first-order valence-corrected chi connectivity index (χ1v) is 11.8. The largest absolute Gasteiger partial charge is 0.493 e. The van der Waals surface area contributed by atoms with E-state index in [4.69, 9.17) is 20.8 Å². The lowest BCUT2D eigenvalue weighted by molar-refractivity contribution is -0.137. The van der Waals surface area contributed by atoms with Gasteiger partial charge < -0.3 is 23.9 Å². The van der Waals surface area contributed by atoms with Crippen molar-refractivity contribution in [1.82, 2.24) is 19.7 Å². The van der Waals surface area contributed by atoms with Crippen molar-refractivity contribution in [2.75, 3.05) is 52.9 Å². The van der Waals surface area contributed by atoms with Crippen molar-refractivity contribution in [3.63, 3.8) is 0 Å². The van der Waals surface area contributed by atoms with Gasteiger partial charge in [-0.1, -0.05) is 17.7 Å². The van der Waals surface area contributed by atoms with Gasteiger partial charge >= 0.3 is 0 Å². The molecule has 1 aromatic heterocycles. The Hall–Kier alpha value is -2.58. The van der Waals surface area contributed by atoms with Gasteiger partial charge in [0.05, 0.1) is 12.3 Å². The second kappa shape index (κ2) is 10.1. The molecule has 9 heteroatoms. The number of aryl methyl sites for hydroxylation is 1. The molecule has 2 aliphatic heterocycles. The van der Waals surface area contributed by atoms with Crippen LogP contribution in [-0.4, -0.2) is 84.4 Å². The quantitative estimate of drug-likeness (QED) is 0.640. The topological polar surface area (TPSA) is 79.1 Å². The maximum atomic E-state index is 13.3. The summed E-state index contributed by atoms with van der Waals surface area (Å²) in [6, 6.07) is 7.25. The summed E-state index contributed by atoms with van der Waals surface area (Å²) in [4.78, 5) is 36.4. The molecule has 1 atom stereocenters. The lowest BCUT2D eigenvalue weighted by atomic mass is 9.77. The van der Waals surface area contributed by atoms with Crippen molar-refractivity contribution >= 4 is 23.4 Å². The van der Waals surface area contributed by atoms with Crippen LogP contribution in [-0.2, 0) is 4.79 Å². The van der Waals surface area contributed by atoms with Gasteiger partial charge in [-0.25, -0.2) is 4.98 Å². The Kier molecular flexibility index (Phi) is 7.24. The van der Waals surface area contributed by atoms with Gasteiger partial charge in [-0.3, -0.25) is 9.59 Å². The fraction of sp³-hybridized carbons (Fsp3) is 0.542. The Morgan fingerprint density at radius 1 is 1.18 bits per heavy atom. The Morgan fingerprint density at radius 3 is 2.67 bits per heavy atom. The molecule has 0 aliphatic carbocycles. The zero-order chi connectivity index (χ0) is 23.4. The highest BCUT2D eigenvalue weighted by molar-refractivity contribution is 6.30. The smallest absolute Gasteiger partial charge is 0.291 e. The van der Waals surface area contributed by atoms with Gasteiger partial charge in [-0.2, -0.15) is 0 Å². The number of carbonyl (C=O) groups excluding carboxylic acids is 2. The number of piperazine rings is 1. The van der Waals surface area contributed by atoms with E-state index in [9.17, 15) is 9.59 Å². The van der Waals surface area contributed by atoms with Crippen LogP contribution >= 0.6 is 11.6 Å². The van der Waals surface area contributed by atoms with Gasteiger partial charge in [0.15, 0.2) is 6.39 Å². The van der Waals surface area contributed by atoms with Crippen molar-refractivity contribution in [2.45, 2.75) is 26.2 Å². The van der Waals surface area contributed by atoms with Crippen molar-refractivity contribution < 1.29 is 18.7 Å². The minimum atomic E-state index is -0.495. The number of likely N-dealkylation sites (N-methyl/N-ethyl adjacent to an activating group) is 1. The van der Waals surface area contributed by atoms with Crippen molar-refractivity contribution in [1.29, 1.82) is 0 Å². The average Bonchev–Trinajstić information content (AvgIpc) is 3.24. The molecule has 4 rings (SSSR count). The van der Waals surface area contributed by atoms with E-state index in [1.165, 1.54) is 6.39 Å². The molecular formula is C24H31ClN4O4. The third kappa shape index (κ3) is 5.68. The van der Waals surface area contributed by atoms with Crippen LogP contribution in [0.3, 0.4) is 0 Å². The number of hydrogen-bond acceptors (Lipinski definition) is 6. The van der Waals surface area contributed by atoms with Crippen molar-refractivity contribution in [3.05, 3.63) is 47.1 Å². The summed E-state index contributed by atoms with van der Waals surface area (Å²) < 4.78 is 11.5. The molecule has 2 saturated heterocycles. The van der Waals surface area contributed by atoms with E-state index in [1.807, 2.05) is 17.0 Å². The molecule has 8 nitrogen and oxygen atoms in total. The predicted octanol–water partition coefficient (Wildman–Crippen LogP) is 3.10. The van der Waals surface area contributed by atoms with Crippen LogP contribution in [0.15, 0.2) is 35.1 Å². The van der Waals surface area contributed by atoms with E-state index in [0.29, 0.717) is 42.6 Å². The number of amides is 2. The molecule has 2 aliphatic rings. The highest BCUT2D eigenvalue weighted by atomic mass is 35.5. The monoisotopic (exact) mass is 474 g/mol. The van der Waals surface area contributed by atoms with Crippen LogP contribution < -0.4 is 4.74 Å². The fourth-order valence-corrected chi connectivity index (χ4v) is 4.81. The van der Waals surface area contributed by atoms with Crippen LogP contribution in [0, 0.1) is 12.3 Å². The Bertz CT molecular complexity index is 988. The number of hydrogen-bond donors (Lipinski definition) is 0. The molecule has 0 spiro atoms. The Labute approximate surface area is 199 Å². The van der Waals surface area contributed by atoms with E-state index in [0.717, 1.165) is 39.0 Å². The summed E-state index contributed by atoms with van der Waals surface area (Å²) in [6.07, 6.45) is 3.20. The summed E-state index contributed by atoms with van der Waals surface area (Å²) in [5.74, 6) is 0.835. The molecule has 2 amide bonds.